The van der Waals surface area contributed by atoms with E-state index in [1.165, 1.54) is 24.3 Å². The maximum absolute atomic E-state index is 12.7. The molecule has 124 valence electrons. The minimum Gasteiger partial charge on any atom is -0.361 e. The van der Waals surface area contributed by atoms with Gasteiger partial charge in [0.1, 0.15) is 11.6 Å². The molecule has 0 saturated carbocycles. The summed E-state index contributed by atoms with van der Waals surface area (Å²) in [6.07, 6.45) is 0. The number of hydrogen-bond acceptors (Lipinski definition) is 3. The quantitative estimate of drug-likeness (QED) is 0.432. The summed E-state index contributed by atoms with van der Waals surface area (Å²) in [5, 5.41) is 4.75. The summed E-state index contributed by atoms with van der Waals surface area (Å²) >= 11 is 0. The van der Waals surface area contributed by atoms with Gasteiger partial charge in [-0.15, -0.1) is 0 Å². The Balaban J connectivity index is 0.000000146. The number of amides is 2. The van der Waals surface area contributed by atoms with Crippen LogP contribution in [0.3, 0.4) is 0 Å². The van der Waals surface area contributed by atoms with E-state index >= 15 is 0 Å². The molecule has 7 nitrogen and oxygen atoms in total. The van der Waals surface area contributed by atoms with Crippen molar-refractivity contribution in [3.05, 3.63) is 64.7 Å². The van der Waals surface area contributed by atoms with Gasteiger partial charge in [0.05, 0.1) is 22.5 Å². The first-order chi connectivity index (χ1) is 11.9. The van der Waals surface area contributed by atoms with Crippen LogP contribution in [-0.4, -0.2) is 28.1 Å². The standard InChI is InChI=1S/C8H4FN3O.C8H4FNO2/c9-4-1-2-6-5(3-4)7(12-10)8(13)11-6;9-4-1-2-6-5(3-4)7(11)8(12)10-6/h1-3H,(H,11,13);1-3H,(H,10,11,12). The van der Waals surface area contributed by atoms with Crippen LogP contribution in [0.15, 0.2) is 36.4 Å². The molecule has 2 amide bonds. The van der Waals surface area contributed by atoms with Crippen molar-refractivity contribution in [3.8, 4) is 0 Å². The highest BCUT2D eigenvalue weighted by atomic mass is 19.1. The highest BCUT2D eigenvalue weighted by Gasteiger charge is 2.33. The first-order valence-electron chi connectivity index (χ1n) is 6.89. The number of hydrogen-bond donors (Lipinski definition) is 2. The lowest BCUT2D eigenvalue weighted by atomic mass is 10.1. The molecule has 0 unspecified atom stereocenters. The highest BCUT2D eigenvalue weighted by molar-refractivity contribution is 6.52. The zero-order valence-electron chi connectivity index (χ0n) is 12.3. The molecule has 2 N–H and O–H groups in total. The highest BCUT2D eigenvalue weighted by Crippen LogP contribution is 2.23. The van der Waals surface area contributed by atoms with Gasteiger partial charge in [-0.1, -0.05) is 0 Å². The van der Waals surface area contributed by atoms with E-state index < -0.39 is 29.2 Å². The summed E-state index contributed by atoms with van der Waals surface area (Å²) < 4.78 is 25.3. The van der Waals surface area contributed by atoms with Gasteiger partial charge in [0.25, 0.3) is 11.7 Å². The SMILES string of the molecule is O=C1Nc2ccc(F)cc2C1=O.[N-]=[N+]=C1C(=O)Nc2ccc(F)cc21. The Kier molecular flexibility index (Phi) is 3.92. The first kappa shape index (κ1) is 16.2. The molecule has 2 aliphatic heterocycles. The number of rotatable bonds is 0. The second kappa shape index (κ2) is 6.06. The number of nitrogens with one attached hydrogen (secondary N) is 2. The van der Waals surface area contributed by atoms with E-state index in [4.69, 9.17) is 5.53 Å². The summed E-state index contributed by atoms with van der Waals surface area (Å²) in [6, 6.07) is 7.39. The van der Waals surface area contributed by atoms with Crippen molar-refractivity contribution in [1.29, 1.82) is 0 Å². The Morgan fingerprint density at radius 3 is 1.92 bits per heavy atom. The molecular formula is C16H8F2N4O3. The van der Waals surface area contributed by atoms with Gasteiger partial charge in [-0.2, -0.15) is 4.79 Å². The van der Waals surface area contributed by atoms with Crippen LogP contribution >= 0.6 is 0 Å². The molecule has 0 spiro atoms. The average molecular weight is 342 g/mol. The van der Waals surface area contributed by atoms with Crippen LogP contribution in [0.2, 0.25) is 0 Å². The summed E-state index contributed by atoms with van der Waals surface area (Å²) in [6.45, 7) is 0. The zero-order chi connectivity index (χ0) is 18.1. The van der Waals surface area contributed by atoms with Gasteiger partial charge in [0, 0.05) is 0 Å². The first-order valence-corrected chi connectivity index (χ1v) is 6.89. The number of carbonyl (C=O) groups is 3. The summed E-state index contributed by atoms with van der Waals surface area (Å²) in [5.74, 6) is -2.89. The molecule has 0 aliphatic carbocycles. The van der Waals surface area contributed by atoms with E-state index in [0.717, 1.165) is 12.1 Å². The third-order valence-electron chi connectivity index (χ3n) is 3.48. The molecule has 0 bridgehead atoms. The van der Waals surface area contributed by atoms with Crippen LogP contribution in [0.4, 0.5) is 20.2 Å². The second-order valence-electron chi connectivity index (χ2n) is 5.07. The molecule has 0 radical (unpaired) electrons. The largest absolute Gasteiger partial charge is 0.388 e. The van der Waals surface area contributed by atoms with Crippen LogP contribution in [-0.2, 0) is 9.59 Å². The predicted octanol–water partition coefficient (Wildman–Crippen LogP) is 1.76. The van der Waals surface area contributed by atoms with Crippen molar-refractivity contribution in [2.45, 2.75) is 0 Å². The average Bonchev–Trinajstić information content (AvgIpc) is 3.04. The van der Waals surface area contributed by atoms with E-state index in [0.29, 0.717) is 11.4 Å². The zero-order valence-corrected chi connectivity index (χ0v) is 12.3. The van der Waals surface area contributed by atoms with E-state index in [1.54, 1.807) is 0 Å². The molecule has 0 fully saturated rings. The fourth-order valence-corrected chi connectivity index (χ4v) is 2.34. The van der Waals surface area contributed by atoms with E-state index in [2.05, 4.69) is 15.4 Å². The minimum atomic E-state index is -0.699. The Hall–Kier alpha value is -3.71. The number of ketones is 1. The fourth-order valence-electron chi connectivity index (χ4n) is 2.34. The number of nitrogens with zero attached hydrogens (tertiary/aromatic N) is 2. The van der Waals surface area contributed by atoms with Crippen molar-refractivity contribution >= 4 is 34.7 Å². The third kappa shape index (κ3) is 2.91. The Morgan fingerprint density at radius 1 is 0.800 bits per heavy atom. The topological polar surface area (TPSA) is 112 Å². The maximum atomic E-state index is 12.7. The molecule has 2 aliphatic rings. The van der Waals surface area contributed by atoms with Crippen LogP contribution in [0.1, 0.15) is 15.9 Å². The van der Waals surface area contributed by atoms with Gasteiger partial charge in [0.2, 0.25) is 0 Å². The van der Waals surface area contributed by atoms with Crippen LogP contribution in [0.25, 0.3) is 5.53 Å². The minimum absolute atomic E-state index is 0.111. The Labute approximate surface area is 138 Å². The van der Waals surface area contributed by atoms with Gasteiger partial charge in [-0.3, -0.25) is 14.4 Å². The van der Waals surface area contributed by atoms with E-state index in [1.807, 2.05) is 0 Å². The molecule has 2 aromatic rings. The lowest BCUT2D eigenvalue weighted by molar-refractivity contribution is -0.114. The van der Waals surface area contributed by atoms with Crippen LogP contribution in [0, 0.1) is 11.6 Å². The number of benzene rings is 2. The third-order valence-corrected chi connectivity index (χ3v) is 3.48. The van der Waals surface area contributed by atoms with Crippen molar-refractivity contribution in [3.63, 3.8) is 0 Å². The lowest BCUT2D eigenvalue weighted by Crippen LogP contribution is -2.14. The number of anilines is 2. The fraction of sp³-hybridized carbons (Fsp3) is 0. The normalized spacial score (nSPS) is 14.0. The smallest absolute Gasteiger partial charge is 0.361 e. The molecule has 4 rings (SSSR count). The van der Waals surface area contributed by atoms with Gasteiger partial charge in [-0.05, 0) is 36.4 Å². The van der Waals surface area contributed by atoms with Gasteiger partial charge in [-0.25, -0.2) is 8.78 Å². The molecule has 2 heterocycles. The number of carbonyl (C=O) groups excluding carboxylic acids is 3. The van der Waals surface area contributed by atoms with Crippen molar-refractivity contribution in [1.82, 2.24) is 0 Å². The van der Waals surface area contributed by atoms with E-state index in [9.17, 15) is 23.2 Å². The molecule has 0 atom stereocenters. The van der Waals surface area contributed by atoms with Crippen molar-refractivity contribution < 1.29 is 28.0 Å². The van der Waals surface area contributed by atoms with Crippen molar-refractivity contribution in [2.75, 3.05) is 10.6 Å². The molecule has 2 aromatic carbocycles. The lowest BCUT2D eigenvalue weighted by Gasteiger charge is -1.94. The Morgan fingerprint density at radius 2 is 1.32 bits per heavy atom. The second-order valence-corrected chi connectivity index (χ2v) is 5.07. The van der Waals surface area contributed by atoms with Gasteiger partial charge < -0.3 is 16.2 Å². The Bertz CT molecular complexity index is 997. The monoisotopic (exact) mass is 342 g/mol. The summed E-state index contributed by atoms with van der Waals surface area (Å²) in [5.41, 5.74) is 9.56. The van der Waals surface area contributed by atoms with Crippen LogP contribution in [0.5, 0.6) is 0 Å². The van der Waals surface area contributed by atoms with Crippen LogP contribution < -0.4 is 10.6 Å². The molecule has 9 heteroatoms. The molecule has 0 aromatic heterocycles. The maximum Gasteiger partial charge on any atom is 0.388 e. The molecular weight excluding hydrogens is 334 g/mol. The van der Waals surface area contributed by atoms with Gasteiger partial charge in [0.15, 0.2) is 0 Å². The number of Topliss-reactive ketones (excluding diaryl/α,β-unsaturated/α-hetero) is 1. The number of fused-ring (bicyclic) bond motifs is 2. The van der Waals surface area contributed by atoms with Crippen molar-refractivity contribution in [2.24, 2.45) is 0 Å². The molecule has 25 heavy (non-hydrogen) atoms. The van der Waals surface area contributed by atoms with E-state index in [-0.39, 0.29) is 16.8 Å². The summed E-state index contributed by atoms with van der Waals surface area (Å²) in [4.78, 5) is 35.6. The number of halogens is 2. The summed E-state index contributed by atoms with van der Waals surface area (Å²) in [7, 11) is 0. The molecule has 0 saturated heterocycles. The van der Waals surface area contributed by atoms with Gasteiger partial charge >= 0.3 is 11.6 Å². The predicted molar refractivity (Wildman–Crippen MR) is 82.1 cm³/mol.